The number of nitrogens with zero attached hydrogens (tertiary/aromatic N) is 3. The van der Waals surface area contributed by atoms with E-state index in [1.54, 1.807) is 0 Å². The SMILES string of the molecule is CN(C(=O)CCc1nnc(C2(c3ccc(Cl)cc3)CCC2)o1)C1CCOCC1. The van der Waals surface area contributed by atoms with Crippen LogP contribution in [0.5, 0.6) is 0 Å². The fourth-order valence-electron chi connectivity index (χ4n) is 4.14. The van der Waals surface area contributed by atoms with Crippen LogP contribution in [0.4, 0.5) is 0 Å². The predicted molar refractivity (Wildman–Crippen MR) is 105 cm³/mol. The number of benzene rings is 1. The number of aryl methyl sites for hydroxylation is 1. The van der Waals surface area contributed by atoms with Gasteiger partial charge in [-0.1, -0.05) is 30.2 Å². The molecule has 0 radical (unpaired) electrons. The molecule has 2 aromatic rings. The summed E-state index contributed by atoms with van der Waals surface area (Å²) in [6.45, 7) is 1.45. The number of hydrogen-bond donors (Lipinski definition) is 0. The lowest BCUT2D eigenvalue weighted by atomic mass is 9.64. The summed E-state index contributed by atoms with van der Waals surface area (Å²) in [6.07, 6.45) is 5.75. The second-order valence-corrected chi connectivity index (χ2v) is 8.23. The maximum atomic E-state index is 12.5. The third-order valence-corrected chi connectivity index (χ3v) is 6.42. The summed E-state index contributed by atoms with van der Waals surface area (Å²) < 4.78 is 11.4. The first-order valence-corrected chi connectivity index (χ1v) is 10.4. The van der Waals surface area contributed by atoms with E-state index in [0.29, 0.717) is 24.6 Å². The van der Waals surface area contributed by atoms with Gasteiger partial charge in [0.2, 0.25) is 17.7 Å². The molecule has 0 bridgehead atoms. The van der Waals surface area contributed by atoms with Crippen molar-refractivity contribution < 1.29 is 13.9 Å². The summed E-state index contributed by atoms with van der Waals surface area (Å²) in [7, 11) is 1.88. The number of carbonyl (C=O) groups is 1. The van der Waals surface area contributed by atoms with Crippen molar-refractivity contribution >= 4 is 17.5 Å². The Morgan fingerprint density at radius 3 is 2.57 bits per heavy atom. The highest BCUT2D eigenvalue weighted by atomic mass is 35.5. The Balaban J connectivity index is 1.40. The smallest absolute Gasteiger partial charge is 0.227 e. The van der Waals surface area contributed by atoms with Crippen LogP contribution in [0.2, 0.25) is 5.02 Å². The quantitative estimate of drug-likeness (QED) is 0.734. The maximum absolute atomic E-state index is 12.5. The van der Waals surface area contributed by atoms with Gasteiger partial charge in [0.15, 0.2) is 0 Å². The molecule has 1 saturated carbocycles. The number of aromatic nitrogens is 2. The Labute approximate surface area is 170 Å². The van der Waals surface area contributed by atoms with Crippen molar-refractivity contribution in [2.24, 2.45) is 0 Å². The summed E-state index contributed by atoms with van der Waals surface area (Å²) in [5, 5.41) is 9.27. The zero-order chi connectivity index (χ0) is 19.6. The largest absolute Gasteiger partial charge is 0.424 e. The molecule has 2 fully saturated rings. The van der Waals surface area contributed by atoms with Crippen LogP contribution in [0.15, 0.2) is 28.7 Å². The van der Waals surface area contributed by atoms with Crippen molar-refractivity contribution in [3.05, 3.63) is 46.6 Å². The molecule has 1 saturated heterocycles. The van der Waals surface area contributed by atoms with E-state index in [1.807, 2.05) is 36.2 Å². The summed E-state index contributed by atoms with van der Waals surface area (Å²) in [5.74, 6) is 1.30. The van der Waals surface area contributed by atoms with E-state index in [0.717, 1.165) is 55.9 Å². The van der Waals surface area contributed by atoms with E-state index in [-0.39, 0.29) is 17.4 Å². The van der Waals surface area contributed by atoms with Crippen LogP contribution in [0.25, 0.3) is 0 Å². The van der Waals surface area contributed by atoms with Crippen LogP contribution in [0.1, 0.15) is 55.9 Å². The minimum atomic E-state index is -0.210. The Kier molecular flexibility index (Phi) is 5.69. The van der Waals surface area contributed by atoms with Gasteiger partial charge in [0.05, 0.1) is 5.41 Å². The first-order chi connectivity index (χ1) is 13.6. The minimum absolute atomic E-state index is 0.114. The molecule has 4 rings (SSSR count). The molecular formula is C21H26ClN3O3. The second-order valence-electron chi connectivity index (χ2n) is 7.79. The highest BCUT2D eigenvalue weighted by Crippen LogP contribution is 2.48. The maximum Gasteiger partial charge on any atom is 0.227 e. The number of rotatable bonds is 6. The van der Waals surface area contributed by atoms with Crippen molar-refractivity contribution in [2.75, 3.05) is 20.3 Å². The predicted octanol–water partition coefficient (Wildman–Crippen LogP) is 3.76. The molecule has 28 heavy (non-hydrogen) atoms. The topological polar surface area (TPSA) is 68.5 Å². The first-order valence-electron chi connectivity index (χ1n) is 10.0. The highest BCUT2D eigenvalue weighted by molar-refractivity contribution is 6.30. The molecule has 1 aromatic heterocycles. The van der Waals surface area contributed by atoms with Crippen molar-refractivity contribution in [3.8, 4) is 0 Å². The number of halogens is 1. The molecule has 0 unspecified atom stereocenters. The normalized spacial score (nSPS) is 19.2. The molecule has 1 aliphatic heterocycles. The van der Waals surface area contributed by atoms with E-state index < -0.39 is 0 Å². The summed E-state index contributed by atoms with van der Waals surface area (Å²) in [5.41, 5.74) is 0.951. The zero-order valence-corrected chi connectivity index (χ0v) is 17.0. The third-order valence-electron chi connectivity index (χ3n) is 6.16. The number of carbonyl (C=O) groups excluding carboxylic acids is 1. The zero-order valence-electron chi connectivity index (χ0n) is 16.2. The molecule has 0 N–H and O–H groups in total. The standard InChI is InChI=1S/C21H26ClN3O3/c1-25(17-9-13-27-14-10-17)19(26)8-7-18-23-24-20(28-18)21(11-2-12-21)15-3-5-16(22)6-4-15/h3-6,17H,2,7-14H2,1H3. The van der Waals surface area contributed by atoms with E-state index in [9.17, 15) is 4.79 Å². The fourth-order valence-corrected chi connectivity index (χ4v) is 4.27. The Morgan fingerprint density at radius 2 is 1.93 bits per heavy atom. The fraction of sp³-hybridized carbons (Fsp3) is 0.571. The Hall–Kier alpha value is -1.92. The first kappa shape index (κ1) is 19.4. The van der Waals surface area contributed by atoms with Crippen molar-refractivity contribution in [1.82, 2.24) is 15.1 Å². The van der Waals surface area contributed by atoms with Gasteiger partial charge in [-0.2, -0.15) is 0 Å². The van der Waals surface area contributed by atoms with Gasteiger partial charge in [-0.05, 0) is 43.4 Å². The summed E-state index contributed by atoms with van der Waals surface area (Å²) >= 11 is 6.03. The average Bonchev–Trinajstić information content (AvgIpc) is 3.16. The van der Waals surface area contributed by atoms with Gasteiger partial charge in [0.1, 0.15) is 0 Å². The molecule has 1 aliphatic carbocycles. The van der Waals surface area contributed by atoms with Crippen LogP contribution in [0, 0.1) is 0 Å². The molecule has 2 heterocycles. The highest BCUT2D eigenvalue weighted by Gasteiger charge is 2.45. The van der Waals surface area contributed by atoms with Crippen LogP contribution >= 0.6 is 11.6 Å². The molecule has 150 valence electrons. The molecule has 7 heteroatoms. The van der Waals surface area contributed by atoms with Crippen molar-refractivity contribution in [1.29, 1.82) is 0 Å². The molecule has 0 spiro atoms. The van der Waals surface area contributed by atoms with E-state index in [2.05, 4.69) is 10.2 Å². The van der Waals surface area contributed by atoms with Crippen LogP contribution in [-0.2, 0) is 21.4 Å². The lowest BCUT2D eigenvalue weighted by Gasteiger charge is -2.39. The molecule has 1 amide bonds. The van der Waals surface area contributed by atoms with Gasteiger partial charge < -0.3 is 14.1 Å². The van der Waals surface area contributed by atoms with Crippen LogP contribution in [0.3, 0.4) is 0 Å². The van der Waals surface area contributed by atoms with Gasteiger partial charge in [0.25, 0.3) is 0 Å². The van der Waals surface area contributed by atoms with Crippen molar-refractivity contribution in [2.45, 2.75) is 56.4 Å². The van der Waals surface area contributed by atoms with Gasteiger partial charge in [0, 0.05) is 44.2 Å². The second kappa shape index (κ2) is 8.21. The van der Waals surface area contributed by atoms with E-state index in [1.165, 1.54) is 0 Å². The third kappa shape index (κ3) is 3.80. The van der Waals surface area contributed by atoms with Crippen LogP contribution in [-0.4, -0.2) is 47.3 Å². The molecule has 0 atom stereocenters. The van der Waals surface area contributed by atoms with Gasteiger partial charge in [-0.25, -0.2) is 0 Å². The summed E-state index contributed by atoms with van der Waals surface area (Å²) in [6, 6.07) is 8.15. The Morgan fingerprint density at radius 1 is 1.21 bits per heavy atom. The lowest BCUT2D eigenvalue weighted by molar-refractivity contribution is -0.133. The number of amides is 1. The van der Waals surface area contributed by atoms with E-state index in [4.69, 9.17) is 20.8 Å². The number of hydrogen-bond acceptors (Lipinski definition) is 5. The summed E-state index contributed by atoms with van der Waals surface area (Å²) in [4.78, 5) is 14.4. The lowest BCUT2D eigenvalue weighted by Crippen LogP contribution is -2.40. The average molecular weight is 404 g/mol. The van der Waals surface area contributed by atoms with Gasteiger partial charge >= 0.3 is 0 Å². The van der Waals surface area contributed by atoms with Crippen molar-refractivity contribution in [3.63, 3.8) is 0 Å². The van der Waals surface area contributed by atoms with Crippen LogP contribution < -0.4 is 0 Å². The molecular weight excluding hydrogens is 378 g/mol. The van der Waals surface area contributed by atoms with Gasteiger partial charge in [-0.15, -0.1) is 10.2 Å². The molecule has 2 aliphatic rings. The Bertz CT molecular complexity index is 811. The van der Waals surface area contributed by atoms with Gasteiger partial charge in [-0.3, -0.25) is 4.79 Å². The minimum Gasteiger partial charge on any atom is -0.424 e. The molecule has 1 aromatic carbocycles. The monoisotopic (exact) mass is 403 g/mol. The number of ether oxygens (including phenoxy) is 1. The van der Waals surface area contributed by atoms with E-state index >= 15 is 0 Å². The molecule has 6 nitrogen and oxygen atoms in total.